The van der Waals surface area contributed by atoms with E-state index >= 15 is 0 Å². The van der Waals surface area contributed by atoms with E-state index < -0.39 is 0 Å². The molecule has 1 amide bonds. The number of H-pyrrole nitrogens is 1. The maximum atomic E-state index is 12.9. The van der Waals surface area contributed by atoms with Gasteiger partial charge in [0.2, 0.25) is 0 Å². The van der Waals surface area contributed by atoms with Crippen molar-refractivity contribution in [1.29, 1.82) is 0 Å². The molecule has 3 heterocycles. The number of aromatic nitrogens is 2. The Morgan fingerprint density at radius 1 is 1.24 bits per heavy atom. The van der Waals surface area contributed by atoms with Crippen molar-refractivity contribution in [2.75, 3.05) is 13.1 Å². The molecule has 6 heteroatoms. The fourth-order valence-electron chi connectivity index (χ4n) is 3.82. The van der Waals surface area contributed by atoms with Gasteiger partial charge < -0.3 is 10.2 Å². The molecule has 0 unspecified atom stereocenters. The average Bonchev–Trinajstić information content (AvgIpc) is 3.12. The minimum absolute atomic E-state index is 0.108. The summed E-state index contributed by atoms with van der Waals surface area (Å²) < 4.78 is 0. The number of carbonyl (C=O) groups is 1. The lowest BCUT2D eigenvalue weighted by Gasteiger charge is -2.35. The van der Waals surface area contributed by atoms with Crippen molar-refractivity contribution in [2.45, 2.75) is 19.5 Å². The summed E-state index contributed by atoms with van der Waals surface area (Å²) in [6.45, 7) is 4.44. The number of aromatic amines is 1. The van der Waals surface area contributed by atoms with Crippen molar-refractivity contribution in [3.05, 3.63) is 52.2 Å². The van der Waals surface area contributed by atoms with Crippen LogP contribution in [0.2, 0.25) is 5.02 Å². The molecule has 0 atom stereocenters. The van der Waals surface area contributed by atoms with Gasteiger partial charge in [-0.05, 0) is 41.8 Å². The lowest BCUT2D eigenvalue weighted by Crippen LogP contribution is -2.57. The van der Waals surface area contributed by atoms with E-state index in [4.69, 9.17) is 11.6 Å². The number of rotatable bonds is 2. The predicted molar refractivity (Wildman–Crippen MR) is 97.8 cm³/mol. The van der Waals surface area contributed by atoms with Gasteiger partial charge in [0.15, 0.2) is 0 Å². The van der Waals surface area contributed by atoms with Crippen LogP contribution in [0.4, 0.5) is 0 Å². The van der Waals surface area contributed by atoms with Gasteiger partial charge in [0.1, 0.15) is 0 Å². The number of aryl methyl sites for hydroxylation is 1. The Labute approximate surface area is 150 Å². The standard InChI is InChI=1S/C19H17ClN4O/c1-10-2-3-17-15(8-22-23-17)18(10)14-5-13-11(4-16(14)20)9-24(19(13)25)12-6-21-7-12/h2-5,8,12,21H,6-7,9H2,1H3,(H,22,23). The Kier molecular flexibility index (Phi) is 3.17. The van der Waals surface area contributed by atoms with Crippen molar-refractivity contribution in [3.63, 3.8) is 0 Å². The first-order chi connectivity index (χ1) is 12.1. The number of hydrogen-bond donors (Lipinski definition) is 2. The summed E-state index contributed by atoms with van der Waals surface area (Å²) in [5.74, 6) is 0.108. The second kappa shape index (κ2) is 5.31. The third-order valence-electron chi connectivity index (χ3n) is 5.33. The van der Waals surface area contributed by atoms with Crippen LogP contribution in [0.15, 0.2) is 30.5 Å². The number of nitrogens with one attached hydrogen (secondary N) is 2. The molecule has 0 bridgehead atoms. The zero-order chi connectivity index (χ0) is 17.1. The monoisotopic (exact) mass is 352 g/mol. The second-order valence-electron chi connectivity index (χ2n) is 6.82. The van der Waals surface area contributed by atoms with Gasteiger partial charge in [0.05, 0.1) is 17.8 Å². The average molecular weight is 353 g/mol. The van der Waals surface area contributed by atoms with E-state index in [9.17, 15) is 4.79 Å². The highest BCUT2D eigenvalue weighted by Crippen LogP contribution is 2.39. The van der Waals surface area contributed by atoms with E-state index in [-0.39, 0.29) is 5.91 Å². The Morgan fingerprint density at radius 3 is 2.84 bits per heavy atom. The summed E-state index contributed by atoms with van der Waals surface area (Å²) in [7, 11) is 0. The molecular weight excluding hydrogens is 336 g/mol. The van der Waals surface area contributed by atoms with Crippen molar-refractivity contribution in [2.24, 2.45) is 0 Å². The molecule has 1 saturated heterocycles. The first-order valence-electron chi connectivity index (χ1n) is 8.40. The molecule has 0 radical (unpaired) electrons. The van der Waals surface area contributed by atoms with Crippen molar-refractivity contribution < 1.29 is 4.79 Å². The first kappa shape index (κ1) is 14.9. The summed E-state index contributed by atoms with van der Waals surface area (Å²) >= 11 is 6.63. The highest BCUT2D eigenvalue weighted by molar-refractivity contribution is 6.34. The minimum Gasteiger partial charge on any atom is -0.329 e. The number of hydrogen-bond acceptors (Lipinski definition) is 3. The van der Waals surface area contributed by atoms with E-state index in [1.54, 1.807) is 0 Å². The van der Waals surface area contributed by atoms with Crippen molar-refractivity contribution in [3.8, 4) is 11.1 Å². The molecule has 2 aliphatic heterocycles. The highest BCUT2D eigenvalue weighted by atomic mass is 35.5. The summed E-state index contributed by atoms with van der Waals surface area (Å²) in [5.41, 5.74) is 5.79. The van der Waals surface area contributed by atoms with Gasteiger partial charge >= 0.3 is 0 Å². The molecule has 25 heavy (non-hydrogen) atoms. The molecular formula is C19H17ClN4O. The smallest absolute Gasteiger partial charge is 0.254 e. The third-order valence-corrected chi connectivity index (χ3v) is 5.64. The predicted octanol–water partition coefficient (Wildman–Crippen LogP) is 3.12. The van der Waals surface area contributed by atoms with Crippen LogP contribution in [0, 0.1) is 6.92 Å². The number of halogens is 1. The molecule has 2 N–H and O–H groups in total. The van der Waals surface area contributed by atoms with Crippen LogP contribution in [0.5, 0.6) is 0 Å². The largest absolute Gasteiger partial charge is 0.329 e. The van der Waals surface area contributed by atoms with Crippen molar-refractivity contribution in [1.82, 2.24) is 20.4 Å². The molecule has 1 aromatic heterocycles. The zero-order valence-electron chi connectivity index (χ0n) is 13.8. The summed E-state index contributed by atoms with van der Waals surface area (Å²) in [5, 5.41) is 12.1. The van der Waals surface area contributed by atoms with Gasteiger partial charge in [-0.3, -0.25) is 9.89 Å². The molecule has 2 aliphatic rings. The summed E-state index contributed by atoms with van der Waals surface area (Å²) in [6, 6.07) is 8.27. The van der Waals surface area contributed by atoms with Gasteiger partial charge in [0.25, 0.3) is 5.91 Å². The maximum absolute atomic E-state index is 12.9. The molecule has 5 nitrogen and oxygen atoms in total. The van der Waals surface area contributed by atoms with Gasteiger partial charge in [-0.1, -0.05) is 17.7 Å². The number of fused-ring (bicyclic) bond motifs is 2. The van der Waals surface area contributed by atoms with E-state index in [0.717, 1.165) is 51.8 Å². The normalized spacial score (nSPS) is 17.2. The van der Waals surface area contributed by atoms with Crippen LogP contribution in [0.25, 0.3) is 22.0 Å². The zero-order valence-corrected chi connectivity index (χ0v) is 14.5. The Bertz CT molecular complexity index is 1020. The number of carbonyl (C=O) groups excluding carboxylic acids is 1. The number of amides is 1. The van der Waals surface area contributed by atoms with E-state index in [1.165, 1.54) is 0 Å². The van der Waals surface area contributed by atoms with Gasteiger partial charge in [-0.15, -0.1) is 0 Å². The van der Waals surface area contributed by atoms with Crippen molar-refractivity contribution >= 4 is 28.4 Å². The fourth-order valence-corrected chi connectivity index (χ4v) is 4.10. The number of nitrogens with zero attached hydrogens (tertiary/aromatic N) is 2. The molecule has 1 fully saturated rings. The molecule has 0 saturated carbocycles. The first-order valence-corrected chi connectivity index (χ1v) is 8.78. The molecule has 0 spiro atoms. The third kappa shape index (κ3) is 2.12. The van der Waals surface area contributed by atoms with Gasteiger partial charge in [-0.25, -0.2) is 0 Å². The Hall–Kier alpha value is -2.37. The van der Waals surface area contributed by atoms with Crippen LogP contribution < -0.4 is 5.32 Å². The Balaban J connectivity index is 1.67. The summed E-state index contributed by atoms with van der Waals surface area (Å²) in [6.07, 6.45) is 1.81. The van der Waals surface area contributed by atoms with E-state index in [0.29, 0.717) is 17.6 Å². The van der Waals surface area contributed by atoms with Gasteiger partial charge in [0, 0.05) is 41.2 Å². The molecule has 5 rings (SSSR count). The Morgan fingerprint density at radius 2 is 2.08 bits per heavy atom. The quantitative estimate of drug-likeness (QED) is 0.745. The highest BCUT2D eigenvalue weighted by Gasteiger charge is 2.36. The van der Waals surface area contributed by atoms with Gasteiger partial charge in [-0.2, -0.15) is 5.10 Å². The SMILES string of the molecule is Cc1ccc2[nH]ncc2c1-c1cc2c(cc1Cl)CN(C1CNC1)C2=O. The fraction of sp³-hybridized carbons (Fsp3) is 0.263. The van der Waals surface area contributed by atoms with Crippen LogP contribution in [-0.2, 0) is 6.54 Å². The molecule has 126 valence electrons. The molecule has 2 aromatic carbocycles. The second-order valence-corrected chi connectivity index (χ2v) is 7.23. The molecule has 3 aromatic rings. The topological polar surface area (TPSA) is 61.0 Å². The maximum Gasteiger partial charge on any atom is 0.254 e. The number of benzene rings is 2. The van der Waals surface area contributed by atoms with Crippen LogP contribution in [0.1, 0.15) is 21.5 Å². The van der Waals surface area contributed by atoms with Crippen LogP contribution >= 0.6 is 11.6 Å². The molecule has 0 aliphatic carbocycles. The van der Waals surface area contributed by atoms with E-state index in [1.807, 2.05) is 35.4 Å². The van der Waals surface area contributed by atoms with E-state index in [2.05, 4.69) is 22.4 Å². The summed E-state index contributed by atoms with van der Waals surface area (Å²) in [4.78, 5) is 14.8. The van der Waals surface area contributed by atoms with Crippen LogP contribution in [-0.4, -0.2) is 40.1 Å². The van der Waals surface area contributed by atoms with Crippen LogP contribution in [0.3, 0.4) is 0 Å². The lowest BCUT2D eigenvalue weighted by molar-refractivity contribution is 0.0642. The minimum atomic E-state index is 0.108. The lowest BCUT2D eigenvalue weighted by atomic mass is 9.94.